The van der Waals surface area contributed by atoms with Gasteiger partial charge >= 0.3 is 0 Å². The van der Waals surface area contributed by atoms with E-state index < -0.39 is 5.41 Å². The van der Waals surface area contributed by atoms with Crippen LogP contribution in [-0.2, 0) is 16.6 Å². The summed E-state index contributed by atoms with van der Waals surface area (Å²) in [6, 6.07) is 16.3. The Balaban J connectivity index is 1.62. The van der Waals surface area contributed by atoms with Crippen LogP contribution in [0.3, 0.4) is 0 Å². The van der Waals surface area contributed by atoms with E-state index in [4.69, 9.17) is 0 Å². The fraction of sp³-hybridized carbons (Fsp3) is 0.308. The van der Waals surface area contributed by atoms with E-state index in [9.17, 15) is 9.18 Å². The molecule has 3 nitrogen and oxygen atoms in total. The summed E-state index contributed by atoms with van der Waals surface area (Å²) in [6.07, 6.45) is 5.21. The average Bonchev–Trinajstić information content (AvgIpc) is 3.11. The first-order chi connectivity index (χ1) is 14.2. The summed E-state index contributed by atoms with van der Waals surface area (Å²) in [6.45, 7) is 8.27. The quantitative estimate of drug-likeness (QED) is 0.531. The van der Waals surface area contributed by atoms with Crippen LogP contribution in [-0.4, -0.2) is 15.6 Å². The summed E-state index contributed by atoms with van der Waals surface area (Å²) in [5.41, 5.74) is 4.35. The third-order valence-electron chi connectivity index (χ3n) is 6.59. The predicted molar refractivity (Wildman–Crippen MR) is 118 cm³/mol. The molecule has 1 aromatic heterocycles. The number of aromatic nitrogens is 2. The molecule has 0 fully saturated rings. The molecule has 0 amide bonds. The zero-order valence-corrected chi connectivity index (χ0v) is 17.9. The molecule has 0 bridgehead atoms. The molecule has 1 heterocycles. The lowest BCUT2D eigenvalue weighted by Crippen LogP contribution is -2.36. The van der Waals surface area contributed by atoms with Crippen molar-refractivity contribution in [2.75, 3.05) is 0 Å². The van der Waals surface area contributed by atoms with Crippen LogP contribution in [0.1, 0.15) is 50.9 Å². The number of allylic oxidation sites excluding steroid dienone is 1. The van der Waals surface area contributed by atoms with Gasteiger partial charge in [0.1, 0.15) is 11.6 Å². The molecule has 0 N–H and O–H groups in total. The first kappa shape index (κ1) is 20.3. The number of Topliss-reactive ketones (excluding diaryl/α,β-unsaturated/α-hetero) is 1. The lowest BCUT2D eigenvalue weighted by Gasteiger charge is -2.36. The highest BCUT2D eigenvalue weighted by Crippen LogP contribution is 2.43. The summed E-state index contributed by atoms with van der Waals surface area (Å²) in [5, 5.41) is 4.54. The third-order valence-corrected chi connectivity index (χ3v) is 6.59. The lowest BCUT2D eigenvalue weighted by molar-refractivity contribution is -0.125. The van der Waals surface area contributed by atoms with E-state index in [0.717, 1.165) is 34.5 Å². The van der Waals surface area contributed by atoms with Gasteiger partial charge in [0.05, 0.1) is 17.6 Å². The molecule has 0 saturated carbocycles. The number of carbonyl (C=O) groups is 1. The third kappa shape index (κ3) is 3.51. The van der Waals surface area contributed by atoms with Crippen LogP contribution in [0.15, 0.2) is 66.4 Å². The Kier molecular flexibility index (Phi) is 4.97. The highest BCUT2D eigenvalue weighted by Gasteiger charge is 2.39. The Morgan fingerprint density at radius 3 is 2.47 bits per heavy atom. The van der Waals surface area contributed by atoms with E-state index in [2.05, 4.69) is 25.0 Å². The first-order valence-electron chi connectivity index (χ1n) is 10.3. The van der Waals surface area contributed by atoms with Gasteiger partial charge in [-0.25, -0.2) is 9.07 Å². The van der Waals surface area contributed by atoms with Gasteiger partial charge in [0.2, 0.25) is 0 Å². The fourth-order valence-electron chi connectivity index (χ4n) is 4.20. The molecule has 0 radical (unpaired) electrons. The van der Waals surface area contributed by atoms with Crippen molar-refractivity contribution < 1.29 is 9.18 Å². The van der Waals surface area contributed by atoms with E-state index in [1.54, 1.807) is 12.1 Å². The predicted octanol–water partition coefficient (Wildman–Crippen LogP) is 5.91. The van der Waals surface area contributed by atoms with Crippen molar-refractivity contribution >= 4 is 11.9 Å². The number of nitrogens with zero attached hydrogens (tertiary/aromatic N) is 2. The van der Waals surface area contributed by atoms with Gasteiger partial charge in [-0.15, -0.1) is 0 Å². The van der Waals surface area contributed by atoms with Gasteiger partial charge in [-0.2, -0.15) is 5.10 Å². The van der Waals surface area contributed by atoms with Crippen LogP contribution >= 0.6 is 0 Å². The lowest BCUT2D eigenvalue weighted by atomic mass is 9.67. The molecule has 0 spiro atoms. The molecule has 30 heavy (non-hydrogen) atoms. The maximum absolute atomic E-state index is 13.4. The molecular formula is C26H27FN2O. The van der Waals surface area contributed by atoms with Gasteiger partial charge < -0.3 is 0 Å². The number of ketones is 1. The summed E-state index contributed by atoms with van der Waals surface area (Å²) in [5.74, 6) is -0.0306. The minimum Gasteiger partial charge on any atom is -0.299 e. The van der Waals surface area contributed by atoms with E-state index >= 15 is 0 Å². The van der Waals surface area contributed by atoms with Crippen molar-refractivity contribution in [3.63, 3.8) is 0 Å². The zero-order valence-electron chi connectivity index (χ0n) is 17.9. The summed E-state index contributed by atoms with van der Waals surface area (Å²) < 4.78 is 15.1. The first-order valence-corrected chi connectivity index (χ1v) is 10.3. The summed E-state index contributed by atoms with van der Waals surface area (Å²) >= 11 is 0. The second-order valence-corrected chi connectivity index (χ2v) is 9.10. The number of benzene rings is 2. The van der Waals surface area contributed by atoms with Crippen molar-refractivity contribution in [3.8, 4) is 5.69 Å². The van der Waals surface area contributed by atoms with Gasteiger partial charge in [0, 0.05) is 11.8 Å². The van der Waals surface area contributed by atoms with Gasteiger partial charge in [0.25, 0.3) is 0 Å². The van der Waals surface area contributed by atoms with E-state index in [-0.39, 0.29) is 17.0 Å². The van der Waals surface area contributed by atoms with Crippen molar-refractivity contribution in [1.82, 2.24) is 9.78 Å². The highest BCUT2D eigenvalue weighted by molar-refractivity contribution is 5.90. The Morgan fingerprint density at radius 2 is 1.80 bits per heavy atom. The standard InChI is InChI=1S/C26H27FN2O/c1-18-14-23-19(17-28-29(23)22-12-10-21(27)11-13-22)15-26(18,4)16-24(30)25(2,3)20-8-6-5-7-9-20/h5-14,17H,15-16H2,1-4H3. The number of carbonyl (C=O) groups excluding carboxylic acids is 1. The van der Waals surface area contributed by atoms with Gasteiger partial charge in [-0.1, -0.05) is 42.8 Å². The molecule has 3 aromatic rings. The second kappa shape index (κ2) is 7.35. The van der Waals surface area contributed by atoms with Crippen LogP contribution in [0.5, 0.6) is 0 Å². The Bertz CT molecular complexity index is 1110. The molecular weight excluding hydrogens is 375 g/mol. The number of halogens is 1. The van der Waals surface area contributed by atoms with E-state index in [1.165, 1.54) is 12.1 Å². The number of hydrogen-bond donors (Lipinski definition) is 0. The molecule has 154 valence electrons. The minimum atomic E-state index is -0.539. The molecule has 1 unspecified atom stereocenters. The molecule has 0 aliphatic heterocycles. The summed E-state index contributed by atoms with van der Waals surface area (Å²) in [7, 11) is 0. The molecule has 1 aliphatic carbocycles. The van der Waals surface area contributed by atoms with E-state index in [0.29, 0.717) is 6.42 Å². The monoisotopic (exact) mass is 402 g/mol. The van der Waals surface area contributed by atoms with Crippen molar-refractivity contribution in [3.05, 3.63) is 89.0 Å². The van der Waals surface area contributed by atoms with E-state index in [1.807, 2.05) is 55.1 Å². The van der Waals surface area contributed by atoms with Crippen LogP contribution in [0.2, 0.25) is 0 Å². The molecule has 1 atom stereocenters. The topological polar surface area (TPSA) is 34.9 Å². The average molecular weight is 403 g/mol. The van der Waals surface area contributed by atoms with Crippen LogP contribution in [0, 0.1) is 11.2 Å². The van der Waals surface area contributed by atoms with Crippen molar-refractivity contribution in [2.45, 2.75) is 46.0 Å². The SMILES string of the molecule is CC1=Cc2c(cnn2-c2ccc(F)cc2)CC1(C)CC(=O)C(C)(C)c1ccccc1. The molecule has 1 aliphatic rings. The Morgan fingerprint density at radius 1 is 1.13 bits per heavy atom. The molecule has 4 heteroatoms. The smallest absolute Gasteiger partial charge is 0.143 e. The van der Waals surface area contributed by atoms with Crippen molar-refractivity contribution in [1.29, 1.82) is 0 Å². The fourth-order valence-corrected chi connectivity index (χ4v) is 4.20. The normalized spacial score (nSPS) is 18.6. The van der Waals surface area contributed by atoms with Gasteiger partial charge in [-0.3, -0.25) is 4.79 Å². The molecule has 0 saturated heterocycles. The summed E-state index contributed by atoms with van der Waals surface area (Å²) in [4.78, 5) is 13.4. The maximum atomic E-state index is 13.4. The van der Waals surface area contributed by atoms with Gasteiger partial charge in [0.15, 0.2) is 0 Å². The Labute approximate surface area is 177 Å². The largest absolute Gasteiger partial charge is 0.299 e. The second-order valence-electron chi connectivity index (χ2n) is 9.10. The Hall–Kier alpha value is -3.01. The maximum Gasteiger partial charge on any atom is 0.143 e. The van der Waals surface area contributed by atoms with Gasteiger partial charge in [-0.05, 0) is 74.1 Å². The van der Waals surface area contributed by atoms with Crippen LogP contribution in [0.25, 0.3) is 11.8 Å². The zero-order chi connectivity index (χ0) is 21.5. The van der Waals surface area contributed by atoms with Crippen LogP contribution < -0.4 is 0 Å². The molecule has 4 rings (SSSR count). The number of rotatable bonds is 5. The van der Waals surface area contributed by atoms with Crippen LogP contribution in [0.4, 0.5) is 4.39 Å². The molecule has 2 aromatic carbocycles. The number of fused-ring (bicyclic) bond motifs is 1. The van der Waals surface area contributed by atoms with Crippen molar-refractivity contribution in [2.24, 2.45) is 5.41 Å². The highest BCUT2D eigenvalue weighted by atomic mass is 19.1. The minimum absolute atomic E-state index is 0.235. The number of hydrogen-bond acceptors (Lipinski definition) is 2.